The Kier molecular flexibility index (Phi) is 5.99. The normalized spacial score (nSPS) is 14.6. The van der Waals surface area contributed by atoms with Gasteiger partial charge in [-0.2, -0.15) is 4.98 Å². The number of piperazine rings is 1. The fourth-order valence-electron chi connectivity index (χ4n) is 2.98. The molecule has 0 amide bonds. The third-order valence-electron chi connectivity index (χ3n) is 4.56. The first-order valence-electron chi connectivity index (χ1n) is 8.86. The summed E-state index contributed by atoms with van der Waals surface area (Å²) in [5, 5.41) is 11.7. The van der Waals surface area contributed by atoms with E-state index in [1.54, 1.807) is 0 Å². The number of methoxy groups -OCH3 is 1. The van der Waals surface area contributed by atoms with E-state index in [0.717, 1.165) is 19.6 Å². The Hall–Kier alpha value is -3.27. The van der Waals surface area contributed by atoms with E-state index < -0.39 is 10.9 Å². The lowest BCUT2D eigenvalue weighted by atomic mass is 10.2. The van der Waals surface area contributed by atoms with E-state index in [2.05, 4.69) is 26.5 Å². The molecule has 0 spiro atoms. The van der Waals surface area contributed by atoms with E-state index in [4.69, 9.17) is 4.74 Å². The Bertz CT molecular complexity index is 850. The van der Waals surface area contributed by atoms with Gasteiger partial charge in [-0.1, -0.05) is 6.92 Å². The van der Waals surface area contributed by atoms with Crippen molar-refractivity contribution in [3.8, 4) is 11.6 Å². The fourth-order valence-corrected chi connectivity index (χ4v) is 2.98. The number of likely N-dealkylation sites (N-methyl/N-ethyl adjacent to an activating group) is 1. The molecule has 0 aliphatic carbocycles. The predicted octanol–water partition coefficient (Wildman–Crippen LogP) is 2.11. The Morgan fingerprint density at radius 1 is 1.18 bits per heavy atom. The van der Waals surface area contributed by atoms with Gasteiger partial charge in [0, 0.05) is 26.2 Å². The maximum absolute atomic E-state index is 11.7. The summed E-state index contributed by atoms with van der Waals surface area (Å²) in [7, 11) is 1.29. The van der Waals surface area contributed by atoms with Crippen LogP contribution in [-0.2, 0) is 4.74 Å². The number of hydrogen-bond acceptors (Lipinski definition) is 9. The van der Waals surface area contributed by atoms with Crippen LogP contribution in [0.25, 0.3) is 0 Å². The minimum absolute atomic E-state index is 0.140. The van der Waals surface area contributed by atoms with Gasteiger partial charge in [-0.3, -0.25) is 10.1 Å². The smallest absolute Gasteiger partial charge is 0.373 e. The Balaban J connectivity index is 1.85. The third-order valence-corrected chi connectivity index (χ3v) is 4.56. The summed E-state index contributed by atoms with van der Waals surface area (Å²) in [5.74, 6) is -0.0556. The maximum atomic E-state index is 11.7. The van der Waals surface area contributed by atoms with Crippen LogP contribution in [0, 0.1) is 10.1 Å². The molecular weight excluding hydrogens is 366 g/mol. The molecule has 2 aromatic rings. The molecule has 1 fully saturated rings. The highest BCUT2D eigenvalue weighted by molar-refractivity contribution is 5.89. The molecule has 1 aliphatic rings. The predicted molar refractivity (Wildman–Crippen MR) is 101 cm³/mol. The van der Waals surface area contributed by atoms with Gasteiger partial charge in [0.15, 0.2) is 0 Å². The highest BCUT2D eigenvalue weighted by atomic mass is 16.6. The summed E-state index contributed by atoms with van der Waals surface area (Å²) in [6.07, 6.45) is 1.26. The maximum Gasteiger partial charge on any atom is 0.373 e. The number of hydrogen-bond donors (Lipinski definition) is 0. The lowest BCUT2D eigenvalue weighted by molar-refractivity contribution is -0.385. The van der Waals surface area contributed by atoms with Crippen LogP contribution in [-0.4, -0.2) is 65.6 Å². The number of ether oxygens (including phenoxy) is 2. The molecule has 10 nitrogen and oxygen atoms in total. The van der Waals surface area contributed by atoms with Gasteiger partial charge < -0.3 is 19.3 Å². The minimum Gasteiger partial charge on any atom is -0.465 e. The van der Waals surface area contributed by atoms with Crippen molar-refractivity contribution < 1.29 is 19.2 Å². The summed E-state index contributed by atoms with van der Waals surface area (Å²) >= 11 is 0. The molecule has 1 aliphatic heterocycles. The molecular formula is C18H21N5O5. The van der Waals surface area contributed by atoms with Crippen molar-refractivity contribution in [2.24, 2.45) is 0 Å². The molecule has 28 heavy (non-hydrogen) atoms. The van der Waals surface area contributed by atoms with E-state index in [1.807, 2.05) is 4.90 Å². The van der Waals surface area contributed by atoms with E-state index in [1.165, 1.54) is 37.7 Å². The van der Waals surface area contributed by atoms with Crippen LogP contribution in [0.5, 0.6) is 11.6 Å². The van der Waals surface area contributed by atoms with Crippen LogP contribution in [0.2, 0.25) is 0 Å². The molecule has 0 unspecified atom stereocenters. The first-order valence-corrected chi connectivity index (χ1v) is 8.86. The fraction of sp³-hybridized carbons (Fsp3) is 0.389. The molecule has 3 rings (SSSR count). The van der Waals surface area contributed by atoms with Crippen molar-refractivity contribution in [3.05, 3.63) is 46.3 Å². The number of carbonyl (C=O) groups is 1. The van der Waals surface area contributed by atoms with E-state index in [-0.39, 0.29) is 17.4 Å². The lowest BCUT2D eigenvalue weighted by Gasteiger charge is -2.34. The summed E-state index contributed by atoms with van der Waals surface area (Å²) in [6, 6.07) is 6.08. The molecule has 1 saturated heterocycles. The number of aromatic nitrogens is 2. The van der Waals surface area contributed by atoms with Crippen LogP contribution >= 0.6 is 0 Å². The Labute approximate surface area is 161 Å². The van der Waals surface area contributed by atoms with Crippen LogP contribution in [0.3, 0.4) is 0 Å². The zero-order valence-electron chi connectivity index (χ0n) is 15.7. The molecule has 2 heterocycles. The van der Waals surface area contributed by atoms with Crippen molar-refractivity contribution in [3.63, 3.8) is 0 Å². The second-order valence-electron chi connectivity index (χ2n) is 6.15. The second-order valence-corrected chi connectivity index (χ2v) is 6.15. The zero-order chi connectivity index (χ0) is 20.1. The SMILES string of the molecule is CCN1CCN(c2ncnc(Oc3ccc(C(=O)OC)cc3)c2[N+](=O)[O-])CC1. The number of nitrogens with zero attached hydrogens (tertiary/aromatic N) is 5. The summed E-state index contributed by atoms with van der Waals surface area (Å²) < 4.78 is 10.3. The molecule has 148 valence electrons. The summed E-state index contributed by atoms with van der Waals surface area (Å²) in [5.41, 5.74) is 0.0750. The van der Waals surface area contributed by atoms with E-state index in [9.17, 15) is 14.9 Å². The molecule has 10 heteroatoms. The summed E-state index contributed by atoms with van der Waals surface area (Å²) in [4.78, 5) is 34.9. The van der Waals surface area contributed by atoms with Crippen molar-refractivity contribution in [2.45, 2.75) is 6.92 Å². The van der Waals surface area contributed by atoms with Gasteiger partial charge in [-0.15, -0.1) is 0 Å². The number of anilines is 1. The molecule has 0 saturated carbocycles. The van der Waals surface area contributed by atoms with Gasteiger partial charge >= 0.3 is 17.5 Å². The topological polar surface area (TPSA) is 111 Å². The monoisotopic (exact) mass is 387 g/mol. The highest BCUT2D eigenvalue weighted by Crippen LogP contribution is 2.36. The average Bonchev–Trinajstić information content (AvgIpc) is 2.73. The Morgan fingerprint density at radius 3 is 2.43 bits per heavy atom. The van der Waals surface area contributed by atoms with Gasteiger partial charge in [0.2, 0.25) is 5.82 Å². The third kappa shape index (κ3) is 4.17. The summed E-state index contributed by atoms with van der Waals surface area (Å²) in [6.45, 7) is 5.92. The van der Waals surface area contributed by atoms with Gasteiger partial charge in [0.1, 0.15) is 12.1 Å². The average molecular weight is 387 g/mol. The van der Waals surface area contributed by atoms with Gasteiger partial charge in [-0.25, -0.2) is 9.78 Å². The van der Waals surface area contributed by atoms with Gasteiger partial charge in [-0.05, 0) is 30.8 Å². The highest BCUT2D eigenvalue weighted by Gasteiger charge is 2.30. The molecule has 0 N–H and O–H groups in total. The minimum atomic E-state index is -0.528. The largest absolute Gasteiger partial charge is 0.465 e. The van der Waals surface area contributed by atoms with Crippen molar-refractivity contribution >= 4 is 17.5 Å². The van der Waals surface area contributed by atoms with Crippen molar-refractivity contribution in [1.29, 1.82) is 0 Å². The standard InChI is InChI=1S/C18H21N5O5/c1-3-21-8-10-22(11-9-21)16-15(23(25)26)17(20-12-19-16)28-14-6-4-13(5-7-14)18(24)27-2/h4-7,12H,3,8-11H2,1-2H3. The second kappa shape index (κ2) is 8.61. The van der Waals surface area contributed by atoms with E-state index >= 15 is 0 Å². The number of esters is 1. The lowest BCUT2D eigenvalue weighted by Crippen LogP contribution is -2.46. The van der Waals surface area contributed by atoms with Crippen LogP contribution in [0.1, 0.15) is 17.3 Å². The number of nitro groups is 1. The number of benzene rings is 1. The molecule has 0 bridgehead atoms. The van der Waals surface area contributed by atoms with Crippen molar-refractivity contribution in [1.82, 2.24) is 14.9 Å². The first kappa shape index (κ1) is 19.5. The van der Waals surface area contributed by atoms with Crippen molar-refractivity contribution in [2.75, 3.05) is 44.7 Å². The molecule has 0 atom stereocenters. The number of rotatable bonds is 6. The molecule has 1 aromatic carbocycles. The van der Waals surface area contributed by atoms with Gasteiger partial charge in [0.25, 0.3) is 0 Å². The first-order chi connectivity index (χ1) is 13.5. The number of carbonyl (C=O) groups excluding carboxylic acids is 1. The van der Waals surface area contributed by atoms with E-state index in [0.29, 0.717) is 24.4 Å². The van der Waals surface area contributed by atoms with Crippen LogP contribution < -0.4 is 9.64 Å². The molecule has 1 aromatic heterocycles. The quantitative estimate of drug-likeness (QED) is 0.418. The van der Waals surface area contributed by atoms with Crippen LogP contribution in [0.4, 0.5) is 11.5 Å². The van der Waals surface area contributed by atoms with Crippen LogP contribution in [0.15, 0.2) is 30.6 Å². The zero-order valence-corrected chi connectivity index (χ0v) is 15.7. The van der Waals surface area contributed by atoms with Gasteiger partial charge in [0.05, 0.1) is 17.6 Å². The molecule has 0 radical (unpaired) electrons. The Morgan fingerprint density at radius 2 is 1.86 bits per heavy atom.